The molecule has 1 saturated heterocycles. The number of rotatable bonds is 7. The molecule has 0 saturated carbocycles. The molecule has 2 amide bonds. The van der Waals surface area contributed by atoms with Crippen molar-refractivity contribution in [3.05, 3.63) is 69.0 Å². The summed E-state index contributed by atoms with van der Waals surface area (Å²) in [5.74, 6) is -0.275. The molecular weight excluding hydrogens is 492 g/mol. The summed E-state index contributed by atoms with van der Waals surface area (Å²) < 4.78 is 1.39. The van der Waals surface area contributed by atoms with Gasteiger partial charge in [-0.25, -0.2) is 0 Å². The van der Waals surface area contributed by atoms with Crippen LogP contribution in [0.15, 0.2) is 57.9 Å². The van der Waals surface area contributed by atoms with Crippen LogP contribution in [0.25, 0.3) is 5.57 Å². The molecular formula is C24H23BrN2O2S2. The van der Waals surface area contributed by atoms with Gasteiger partial charge in [-0.2, -0.15) is 0 Å². The topological polar surface area (TPSA) is 40.6 Å². The highest BCUT2D eigenvalue weighted by Crippen LogP contribution is 2.45. The molecule has 31 heavy (non-hydrogen) atoms. The van der Waals surface area contributed by atoms with E-state index in [4.69, 9.17) is 12.2 Å². The highest BCUT2D eigenvalue weighted by molar-refractivity contribution is 9.10. The molecule has 2 aromatic rings. The maximum absolute atomic E-state index is 13.4. The van der Waals surface area contributed by atoms with Crippen molar-refractivity contribution in [3.63, 3.8) is 0 Å². The summed E-state index contributed by atoms with van der Waals surface area (Å²) in [7, 11) is 0. The number of thioether (sulfide) groups is 1. The molecule has 2 aliphatic heterocycles. The van der Waals surface area contributed by atoms with Crippen molar-refractivity contribution >= 4 is 67.3 Å². The lowest BCUT2D eigenvalue weighted by atomic mass is 10.1. The number of carbonyl (C=O) groups is 2. The van der Waals surface area contributed by atoms with E-state index >= 15 is 0 Å². The summed E-state index contributed by atoms with van der Waals surface area (Å²) in [6.07, 6.45) is 3.80. The van der Waals surface area contributed by atoms with Gasteiger partial charge in [0.1, 0.15) is 4.32 Å². The van der Waals surface area contributed by atoms with Crippen molar-refractivity contribution in [1.82, 2.24) is 4.90 Å². The quantitative estimate of drug-likeness (QED) is 0.266. The Bertz CT molecular complexity index is 1070. The van der Waals surface area contributed by atoms with Gasteiger partial charge in [0, 0.05) is 23.1 Å². The first-order valence-electron chi connectivity index (χ1n) is 10.4. The zero-order valence-electron chi connectivity index (χ0n) is 17.3. The molecule has 4 rings (SSSR count). The monoisotopic (exact) mass is 514 g/mol. The Balaban J connectivity index is 1.64. The number of fused-ring (bicyclic) bond motifs is 1. The highest BCUT2D eigenvalue weighted by Gasteiger charge is 2.41. The third-order valence-electron chi connectivity index (χ3n) is 5.51. The minimum Gasteiger partial charge on any atom is -0.308 e. The normalized spacial score (nSPS) is 18.3. The molecule has 0 aromatic heterocycles. The van der Waals surface area contributed by atoms with Crippen LogP contribution in [0.2, 0.25) is 0 Å². The maximum Gasteiger partial charge on any atom is 0.267 e. The van der Waals surface area contributed by atoms with E-state index in [0.29, 0.717) is 27.9 Å². The molecule has 0 spiro atoms. The van der Waals surface area contributed by atoms with E-state index in [2.05, 4.69) is 22.9 Å². The van der Waals surface area contributed by atoms with E-state index in [1.807, 2.05) is 53.4 Å². The van der Waals surface area contributed by atoms with Gasteiger partial charge >= 0.3 is 0 Å². The minimum absolute atomic E-state index is 0.104. The second kappa shape index (κ2) is 9.67. The standard InChI is InChI=1S/C24H23BrN2O2S2/c1-2-3-7-13-26-19-11-10-17(25)15-18(19)20(22(26)28)21-23(29)27(24(30)31-21)14-12-16-8-5-4-6-9-16/h4-6,8-11,15H,2-3,7,12-14H2,1H3/b21-20-. The number of carbonyl (C=O) groups excluding carboxylic acids is 2. The number of nitrogens with zero attached hydrogens (tertiary/aromatic N) is 2. The van der Waals surface area contributed by atoms with Gasteiger partial charge in [0.05, 0.1) is 16.2 Å². The van der Waals surface area contributed by atoms with Gasteiger partial charge < -0.3 is 4.90 Å². The molecule has 4 nitrogen and oxygen atoms in total. The Morgan fingerprint density at radius 1 is 0.968 bits per heavy atom. The minimum atomic E-state index is -0.171. The van der Waals surface area contributed by atoms with E-state index in [9.17, 15) is 9.59 Å². The third-order valence-corrected chi connectivity index (χ3v) is 7.45. The van der Waals surface area contributed by atoms with Gasteiger partial charge in [0.2, 0.25) is 0 Å². The summed E-state index contributed by atoms with van der Waals surface area (Å²) in [4.78, 5) is 30.6. The Kier molecular flexibility index (Phi) is 6.94. The molecule has 0 aliphatic carbocycles. The van der Waals surface area contributed by atoms with E-state index in [-0.39, 0.29) is 11.8 Å². The second-order valence-electron chi connectivity index (χ2n) is 7.59. The Morgan fingerprint density at radius 3 is 2.48 bits per heavy atom. The lowest BCUT2D eigenvalue weighted by Gasteiger charge is -2.17. The molecule has 0 bridgehead atoms. The number of hydrogen-bond acceptors (Lipinski definition) is 4. The predicted molar refractivity (Wildman–Crippen MR) is 135 cm³/mol. The Labute approximate surface area is 200 Å². The molecule has 0 radical (unpaired) electrons. The van der Waals surface area contributed by atoms with Crippen molar-refractivity contribution in [2.45, 2.75) is 32.6 Å². The van der Waals surface area contributed by atoms with Crippen molar-refractivity contribution in [3.8, 4) is 0 Å². The van der Waals surface area contributed by atoms with Gasteiger partial charge in [-0.15, -0.1) is 0 Å². The Morgan fingerprint density at radius 2 is 1.74 bits per heavy atom. The van der Waals surface area contributed by atoms with Crippen LogP contribution in [0.1, 0.15) is 37.3 Å². The van der Waals surface area contributed by atoms with E-state index in [1.54, 1.807) is 4.90 Å². The summed E-state index contributed by atoms with van der Waals surface area (Å²) in [6.45, 7) is 3.30. The molecule has 2 aromatic carbocycles. The van der Waals surface area contributed by atoms with Crippen LogP contribution < -0.4 is 4.90 Å². The molecule has 0 unspecified atom stereocenters. The summed E-state index contributed by atoms with van der Waals surface area (Å²) in [5.41, 5.74) is 3.30. The zero-order valence-corrected chi connectivity index (χ0v) is 20.5. The van der Waals surface area contributed by atoms with Crippen LogP contribution in [0.4, 0.5) is 5.69 Å². The second-order valence-corrected chi connectivity index (χ2v) is 10.1. The van der Waals surface area contributed by atoms with Crippen molar-refractivity contribution in [2.75, 3.05) is 18.0 Å². The average Bonchev–Trinajstić information content (AvgIpc) is 3.19. The third kappa shape index (κ3) is 4.49. The van der Waals surface area contributed by atoms with Gasteiger partial charge in [0.25, 0.3) is 11.8 Å². The SMILES string of the molecule is CCCCCN1C(=O)/C(=C2\SC(=S)N(CCc3ccccc3)C2=O)c2cc(Br)ccc21. The number of benzene rings is 2. The number of halogens is 1. The predicted octanol–water partition coefficient (Wildman–Crippen LogP) is 5.80. The van der Waals surface area contributed by atoms with Gasteiger partial charge in [-0.3, -0.25) is 14.5 Å². The van der Waals surface area contributed by atoms with Gasteiger partial charge in [0.15, 0.2) is 0 Å². The summed E-state index contributed by atoms with van der Waals surface area (Å²) in [6, 6.07) is 15.8. The lowest BCUT2D eigenvalue weighted by Crippen LogP contribution is -2.31. The fourth-order valence-corrected chi connectivity index (χ4v) is 5.63. The van der Waals surface area contributed by atoms with Gasteiger partial charge in [-0.05, 0) is 36.6 Å². The molecule has 7 heteroatoms. The van der Waals surface area contributed by atoms with Crippen LogP contribution in [-0.4, -0.2) is 34.1 Å². The van der Waals surface area contributed by atoms with Crippen LogP contribution in [0, 0.1) is 0 Å². The largest absolute Gasteiger partial charge is 0.308 e. The van der Waals surface area contributed by atoms with Crippen LogP contribution in [0.5, 0.6) is 0 Å². The summed E-state index contributed by atoms with van der Waals surface area (Å²) in [5, 5.41) is 0. The first kappa shape index (κ1) is 22.2. The smallest absolute Gasteiger partial charge is 0.267 e. The average molecular weight is 515 g/mol. The first-order chi connectivity index (χ1) is 15.0. The number of unbranched alkanes of at least 4 members (excludes halogenated alkanes) is 2. The van der Waals surface area contributed by atoms with Crippen LogP contribution >= 0.6 is 39.9 Å². The van der Waals surface area contributed by atoms with E-state index in [1.165, 1.54) is 11.8 Å². The Hall–Kier alpha value is -1.96. The van der Waals surface area contributed by atoms with Crippen molar-refractivity contribution in [2.24, 2.45) is 0 Å². The zero-order chi connectivity index (χ0) is 22.0. The molecule has 2 heterocycles. The van der Waals surface area contributed by atoms with Crippen LogP contribution in [-0.2, 0) is 16.0 Å². The van der Waals surface area contributed by atoms with E-state index in [0.717, 1.165) is 47.0 Å². The van der Waals surface area contributed by atoms with E-state index < -0.39 is 0 Å². The van der Waals surface area contributed by atoms with Crippen molar-refractivity contribution < 1.29 is 9.59 Å². The first-order valence-corrected chi connectivity index (χ1v) is 12.5. The number of thiocarbonyl (C=S) groups is 1. The number of hydrogen-bond donors (Lipinski definition) is 0. The molecule has 0 atom stereocenters. The molecule has 160 valence electrons. The van der Waals surface area contributed by atoms with Crippen LogP contribution in [0.3, 0.4) is 0 Å². The molecule has 1 fully saturated rings. The molecule has 2 aliphatic rings. The highest BCUT2D eigenvalue weighted by atomic mass is 79.9. The van der Waals surface area contributed by atoms with Crippen molar-refractivity contribution in [1.29, 1.82) is 0 Å². The summed E-state index contributed by atoms with van der Waals surface area (Å²) >= 11 is 10.3. The lowest BCUT2D eigenvalue weighted by molar-refractivity contribution is -0.122. The fraction of sp³-hybridized carbons (Fsp3) is 0.292. The molecule has 0 N–H and O–H groups in total. The fourth-order valence-electron chi connectivity index (χ4n) is 3.89. The number of anilines is 1. The maximum atomic E-state index is 13.4. The number of amides is 2. The van der Waals surface area contributed by atoms with Gasteiger partial charge in [-0.1, -0.05) is 90.0 Å².